The average Bonchev–Trinajstić information content (AvgIpc) is 3.17. The maximum atomic E-state index is 5.95. The number of aromatic nitrogens is 2. The molecule has 0 aliphatic rings. The van der Waals surface area contributed by atoms with Crippen LogP contribution < -0.4 is 0 Å². The van der Waals surface area contributed by atoms with Gasteiger partial charge in [0.15, 0.2) is 10.8 Å². The third kappa shape index (κ3) is 1.92. The molecule has 0 aliphatic heterocycles. The molecule has 0 spiro atoms. The molecule has 0 N–H and O–H groups in total. The van der Waals surface area contributed by atoms with Gasteiger partial charge in [-0.25, -0.2) is 9.97 Å². The van der Waals surface area contributed by atoms with Gasteiger partial charge in [0, 0.05) is 21.9 Å². The molecule has 1 aromatic carbocycles. The molecule has 3 aromatic heterocycles. The molecule has 4 nitrogen and oxygen atoms in total. The van der Waals surface area contributed by atoms with Crippen LogP contribution in [0.5, 0.6) is 0 Å². The predicted molar refractivity (Wildman–Crippen MR) is 77.8 cm³/mol. The molecule has 20 heavy (non-hydrogen) atoms. The number of benzene rings is 1. The van der Waals surface area contributed by atoms with E-state index in [-0.39, 0.29) is 0 Å². The Balaban J connectivity index is 1.79. The third-order valence-corrected chi connectivity index (χ3v) is 3.92. The van der Waals surface area contributed by atoms with Gasteiger partial charge in [-0.2, -0.15) is 0 Å². The van der Waals surface area contributed by atoms with E-state index in [1.807, 2.05) is 23.6 Å². The van der Waals surface area contributed by atoms with Crippen molar-refractivity contribution in [3.63, 3.8) is 0 Å². The molecule has 0 atom stereocenters. The van der Waals surface area contributed by atoms with Crippen molar-refractivity contribution in [2.45, 2.75) is 0 Å². The van der Waals surface area contributed by atoms with Crippen molar-refractivity contribution < 1.29 is 8.83 Å². The minimum atomic E-state index is 0.514. The van der Waals surface area contributed by atoms with Crippen LogP contribution in [-0.2, 0) is 0 Å². The second kappa shape index (κ2) is 4.47. The van der Waals surface area contributed by atoms with E-state index in [1.54, 1.807) is 12.3 Å². The fourth-order valence-corrected chi connectivity index (χ4v) is 2.85. The molecule has 3 heterocycles. The molecule has 0 amide bonds. The van der Waals surface area contributed by atoms with Gasteiger partial charge in [-0.15, -0.1) is 11.3 Å². The largest absolute Gasteiger partial charge is 0.454 e. The van der Waals surface area contributed by atoms with Crippen LogP contribution in [0.25, 0.3) is 33.3 Å². The Morgan fingerprint density at radius 3 is 3.00 bits per heavy atom. The maximum Gasteiger partial charge on any atom is 0.255 e. The number of thiazole rings is 1. The lowest BCUT2D eigenvalue weighted by Crippen LogP contribution is -1.76. The van der Waals surface area contributed by atoms with Crippen LogP contribution in [0, 0.1) is 0 Å². The van der Waals surface area contributed by atoms with Crippen molar-refractivity contribution >= 4 is 33.9 Å². The van der Waals surface area contributed by atoms with Crippen molar-refractivity contribution in [3.8, 4) is 22.4 Å². The number of hydrogen-bond acceptors (Lipinski definition) is 5. The fourth-order valence-electron chi connectivity index (χ4n) is 1.95. The monoisotopic (exact) mass is 302 g/mol. The van der Waals surface area contributed by atoms with Crippen LogP contribution >= 0.6 is 22.9 Å². The number of nitrogens with zero attached hydrogens (tertiary/aromatic N) is 2. The van der Waals surface area contributed by atoms with Gasteiger partial charge >= 0.3 is 0 Å². The summed E-state index contributed by atoms with van der Waals surface area (Å²) in [7, 11) is 0. The summed E-state index contributed by atoms with van der Waals surface area (Å²) in [6, 6.07) is 7.50. The molecule has 4 aromatic rings. The zero-order valence-corrected chi connectivity index (χ0v) is 11.6. The van der Waals surface area contributed by atoms with E-state index in [1.165, 1.54) is 17.6 Å². The van der Waals surface area contributed by atoms with Gasteiger partial charge in [0.2, 0.25) is 0 Å². The number of fused-ring (bicyclic) bond motifs is 1. The lowest BCUT2D eigenvalue weighted by molar-refractivity contribution is 0.574. The lowest BCUT2D eigenvalue weighted by Gasteiger charge is -1.89. The summed E-state index contributed by atoms with van der Waals surface area (Å²) in [4.78, 5) is 8.56. The molecular weight excluding hydrogens is 296 g/mol. The Morgan fingerprint density at radius 1 is 1.20 bits per heavy atom. The first-order chi connectivity index (χ1) is 9.79. The first-order valence-corrected chi connectivity index (χ1v) is 7.10. The van der Waals surface area contributed by atoms with Crippen molar-refractivity contribution in [1.82, 2.24) is 9.97 Å². The minimum absolute atomic E-state index is 0.514. The van der Waals surface area contributed by atoms with Crippen molar-refractivity contribution in [2.75, 3.05) is 0 Å². The molecule has 98 valence electrons. The predicted octanol–water partition coefficient (Wildman–Crippen LogP) is 4.86. The van der Waals surface area contributed by atoms with E-state index in [0.717, 1.165) is 21.7 Å². The number of furan rings is 1. The number of rotatable bonds is 2. The summed E-state index contributed by atoms with van der Waals surface area (Å²) in [6.45, 7) is 0. The zero-order chi connectivity index (χ0) is 13.5. The van der Waals surface area contributed by atoms with Gasteiger partial charge < -0.3 is 8.83 Å². The highest BCUT2D eigenvalue weighted by molar-refractivity contribution is 7.13. The first kappa shape index (κ1) is 11.7. The van der Waals surface area contributed by atoms with Gasteiger partial charge in [-0.3, -0.25) is 0 Å². The van der Waals surface area contributed by atoms with Gasteiger partial charge in [0.05, 0.1) is 6.20 Å². The Kier molecular flexibility index (Phi) is 2.61. The summed E-state index contributed by atoms with van der Waals surface area (Å²) in [5.74, 6) is 1.22. The molecule has 6 heteroatoms. The standard InChI is InChI=1S/C14H7ClN2O2S/c15-9-2-1-8-5-12(19-11(8)6-9)10-7-20-14(17-10)13-16-3-4-18-13/h1-7H. The van der Waals surface area contributed by atoms with Crippen LogP contribution in [0.1, 0.15) is 0 Å². The topological polar surface area (TPSA) is 52.1 Å². The van der Waals surface area contributed by atoms with E-state index < -0.39 is 0 Å². The van der Waals surface area contributed by atoms with Gasteiger partial charge in [-0.05, 0) is 18.2 Å². The second-order valence-electron chi connectivity index (χ2n) is 4.17. The average molecular weight is 303 g/mol. The molecule has 0 radical (unpaired) electrons. The van der Waals surface area contributed by atoms with E-state index in [2.05, 4.69) is 9.97 Å². The zero-order valence-electron chi connectivity index (χ0n) is 10.0. The number of hydrogen-bond donors (Lipinski definition) is 0. The normalized spacial score (nSPS) is 11.2. The molecule has 0 unspecified atom stereocenters. The van der Waals surface area contributed by atoms with E-state index >= 15 is 0 Å². The smallest absolute Gasteiger partial charge is 0.255 e. The quantitative estimate of drug-likeness (QED) is 0.530. The highest BCUT2D eigenvalue weighted by Crippen LogP contribution is 2.32. The summed E-state index contributed by atoms with van der Waals surface area (Å²) in [5, 5.41) is 4.29. The molecular formula is C14H7ClN2O2S. The highest BCUT2D eigenvalue weighted by Gasteiger charge is 2.13. The Morgan fingerprint density at radius 2 is 2.15 bits per heavy atom. The minimum Gasteiger partial charge on any atom is -0.454 e. The highest BCUT2D eigenvalue weighted by atomic mass is 35.5. The van der Waals surface area contributed by atoms with Crippen molar-refractivity contribution in [3.05, 3.63) is 47.1 Å². The maximum absolute atomic E-state index is 5.95. The molecule has 0 saturated heterocycles. The molecule has 4 rings (SSSR count). The molecule has 0 saturated carbocycles. The van der Waals surface area contributed by atoms with E-state index in [9.17, 15) is 0 Å². The Bertz CT molecular complexity index is 880. The van der Waals surface area contributed by atoms with Crippen molar-refractivity contribution in [1.29, 1.82) is 0 Å². The summed E-state index contributed by atoms with van der Waals surface area (Å²) in [5.41, 5.74) is 1.51. The van der Waals surface area contributed by atoms with Crippen LogP contribution in [-0.4, -0.2) is 9.97 Å². The Labute approximate surface area is 122 Å². The summed E-state index contributed by atoms with van der Waals surface area (Å²) >= 11 is 7.41. The van der Waals surface area contributed by atoms with Gasteiger partial charge in [-0.1, -0.05) is 11.6 Å². The van der Waals surface area contributed by atoms with Crippen LogP contribution in [0.15, 0.2) is 50.9 Å². The van der Waals surface area contributed by atoms with Crippen LogP contribution in [0.4, 0.5) is 0 Å². The summed E-state index contributed by atoms with van der Waals surface area (Å²) in [6.07, 6.45) is 3.12. The molecule has 0 fully saturated rings. The SMILES string of the molecule is Clc1ccc2cc(-c3csc(-c4ncco4)n3)oc2c1. The molecule has 0 aliphatic carbocycles. The van der Waals surface area contributed by atoms with Crippen LogP contribution in [0.2, 0.25) is 5.02 Å². The van der Waals surface area contributed by atoms with Crippen LogP contribution in [0.3, 0.4) is 0 Å². The summed E-state index contributed by atoms with van der Waals surface area (Å²) < 4.78 is 11.0. The second-order valence-corrected chi connectivity index (χ2v) is 5.46. The van der Waals surface area contributed by atoms with Gasteiger partial charge in [0.1, 0.15) is 17.5 Å². The number of halogens is 1. The lowest BCUT2D eigenvalue weighted by atomic mass is 10.2. The van der Waals surface area contributed by atoms with Crippen molar-refractivity contribution in [2.24, 2.45) is 0 Å². The fraction of sp³-hybridized carbons (Fsp3) is 0. The molecule has 0 bridgehead atoms. The number of oxazole rings is 1. The van der Waals surface area contributed by atoms with E-state index in [4.69, 9.17) is 20.4 Å². The third-order valence-electron chi connectivity index (χ3n) is 2.85. The Hall–Kier alpha value is -2.11. The van der Waals surface area contributed by atoms with Gasteiger partial charge in [0.25, 0.3) is 5.89 Å². The van der Waals surface area contributed by atoms with E-state index in [0.29, 0.717) is 16.7 Å². The first-order valence-electron chi connectivity index (χ1n) is 5.84.